The van der Waals surface area contributed by atoms with E-state index in [0.717, 1.165) is 17.7 Å². The van der Waals surface area contributed by atoms with E-state index in [1.807, 2.05) is 36.2 Å². The third kappa shape index (κ3) is 4.21. The van der Waals surface area contributed by atoms with Gasteiger partial charge in [-0.1, -0.05) is 19.1 Å². The Balaban J connectivity index is 2.95. The molecular weight excluding hydrogens is 254 g/mol. The molecule has 1 rings (SSSR count). The Kier molecular flexibility index (Phi) is 6.48. The van der Waals surface area contributed by atoms with Crippen molar-refractivity contribution in [3.8, 4) is 5.75 Å². The Bertz CT molecular complexity index is 420. The summed E-state index contributed by atoms with van der Waals surface area (Å²) in [5.41, 5.74) is 7.32. The highest BCUT2D eigenvalue weighted by atomic mass is 16.5. The van der Waals surface area contributed by atoms with Crippen LogP contribution in [0.3, 0.4) is 0 Å². The van der Waals surface area contributed by atoms with Crippen LogP contribution in [0.4, 0.5) is 0 Å². The first-order valence-electron chi connectivity index (χ1n) is 6.83. The molecule has 5 heteroatoms. The number of hydrogen-bond acceptors (Lipinski definition) is 4. The zero-order chi connectivity index (χ0) is 15.1. The third-order valence-corrected chi connectivity index (χ3v) is 3.48. The van der Waals surface area contributed by atoms with Gasteiger partial charge in [-0.05, 0) is 31.2 Å². The molecule has 0 saturated carbocycles. The van der Waals surface area contributed by atoms with Crippen LogP contribution in [-0.2, 0) is 4.79 Å². The molecule has 0 saturated heterocycles. The number of nitrogens with zero attached hydrogens (tertiary/aromatic N) is 1. The van der Waals surface area contributed by atoms with Crippen molar-refractivity contribution >= 4 is 5.91 Å². The van der Waals surface area contributed by atoms with Crippen LogP contribution < -0.4 is 15.8 Å². The number of benzene rings is 1. The highest BCUT2D eigenvalue weighted by Crippen LogP contribution is 2.25. The van der Waals surface area contributed by atoms with Crippen molar-refractivity contribution in [1.82, 2.24) is 10.2 Å². The zero-order valence-electron chi connectivity index (χ0n) is 12.7. The Morgan fingerprint density at radius 2 is 2.00 bits per heavy atom. The summed E-state index contributed by atoms with van der Waals surface area (Å²) in [5.74, 6) is 0.792. The van der Waals surface area contributed by atoms with Crippen LogP contribution in [0.2, 0.25) is 0 Å². The van der Waals surface area contributed by atoms with E-state index in [1.165, 1.54) is 0 Å². The lowest BCUT2D eigenvalue weighted by Gasteiger charge is -2.32. The molecule has 0 heterocycles. The molecule has 3 N–H and O–H groups in total. The molecule has 0 aliphatic heterocycles. The number of carbonyl (C=O) groups excluding carboxylic acids is 1. The van der Waals surface area contributed by atoms with Gasteiger partial charge in [0.25, 0.3) is 0 Å². The van der Waals surface area contributed by atoms with Crippen molar-refractivity contribution in [2.24, 2.45) is 5.73 Å². The minimum absolute atomic E-state index is 0.00297. The maximum absolute atomic E-state index is 11.6. The number of nitrogens with two attached hydrogens (primary N) is 1. The summed E-state index contributed by atoms with van der Waals surface area (Å²) in [7, 11) is 5.19. The number of rotatable bonds is 7. The van der Waals surface area contributed by atoms with Gasteiger partial charge in [-0.3, -0.25) is 9.69 Å². The minimum Gasteiger partial charge on any atom is -0.497 e. The van der Waals surface area contributed by atoms with E-state index < -0.39 is 0 Å². The second kappa shape index (κ2) is 7.87. The van der Waals surface area contributed by atoms with E-state index in [2.05, 4.69) is 12.2 Å². The van der Waals surface area contributed by atoms with Gasteiger partial charge in [-0.15, -0.1) is 0 Å². The second-order valence-corrected chi connectivity index (χ2v) is 4.88. The number of hydrogen-bond donors (Lipinski definition) is 2. The molecule has 5 nitrogen and oxygen atoms in total. The molecule has 0 radical (unpaired) electrons. The topological polar surface area (TPSA) is 67.6 Å². The average molecular weight is 279 g/mol. The van der Waals surface area contributed by atoms with Gasteiger partial charge < -0.3 is 15.8 Å². The molecule has 20 heavy (non-hydrogen) atoms. The summed E-state index contributed by atoms with van der Waals surface area (Å²) in [6, 6.07) is 7.80. The summed E-state index contributed by atoms with van der Waals surface area (Å²) in [4.78, 5) is 13.5. The lowest BCUT2D eigenvalue weighted by molar-refractivity contribution is -0.122. The number of ether oxygens (including phenoxy) is 1. The number of carbonyl (C=O) groups is 1. The zero-order valence-corrected chi connectivity index (χ0v) is 12.7. The van der Waals surface area contributed by atoms with Crippen LogP contribution in [0, 0.1) is 0 Å². The van der Waals surface area contributed by atoms with Gasteiger partial charge in [0.15, 0.2) is 0 Å². The van der Waals surface area contributed by atoms with Gasteiger partial charge >= 0.3 is 0 Å². The van der Waals surface area contributed by atoms with E-state index >= 15 is 0 Å². The maximum Gasteiger partial charge on any atom is 0.233 e. The number of nitrogens with one attached hydrogen (secondary N) is 1. The quantitative estimate of drug-likeness (QED) is 0.786. The first kappa shape index (κ1) is 16.5. The Hall–Kier alpha value is -1.59. The lowest BCUT2D eigenvalue weighted by Crippen LogP contribution is -2.43. The Labute approximate surface area is 121 Å². The molecule has 0 aliphatic rings. The fourth-order valence-corrected chi connectivity index (χ4v) is 2.26. The van der Waals surface area contributed by atoms with Gasteiger partial charge in [-0.2, -0.15) is 0 Å². The molecule has 112 valence electrons. The summed E-state index contributed by atoms with van der Waals surface area (Å²) in [6.45, 7) is 2.37. The largest absolute Gasteiger partial charge is 0.497 e. The highest BCUT2D eigenvalue weighted by molar-refractivity contribution is 5.77. The van der Waals surface area contributed by atoms with E-state index in [1.54, 1.807) is 14.2 Å². The molecule has 0 spiro atoms. The van der Waals surface area contributed by atoms with Crippen molar-refractivity contribution in [3.05, 3.63) is 29.8 Å². The Morgan fingerprint density at radius 3 is 2.45 bits per heavy atom. The van der Waals surface area contributed by atoms with Crippen molar-refractivity contribution in [2.45, 2.75) is 25.4 Å². The third-order valence-electron chi connectivity index (χ3n) is 3.48. The highest BCUT2D eigenvalue weighted by Gasteiger charge is 2.24. The molecule has 1 amide bonds. The van der Waals surface area contributed by atoms with Gasteiger partial charge in [0.05, 0.1) is 19.7 Å². The second-order valence-electron chi connectivity index (χ2n) is 4.88. The summed E-state index contributed by atoms with van der Waals surface area (Å²) in [6.07, 6.45) is 0.842. The van der Waals surface area contributed by atoms with Crippen molar-refractivity contribution in [1.29, 1.82) is 0 Å². The van der Waals surface area contributed by atoms with Gasteiger partial charge in [0.1, 0.15) is 5.75 Å². The lowest BCUT2D eigenvalue weighted by atomic mass is 9.96. The molecule has 0 aromatic heterocycles. The first-order valence-corrected chi connectivity index (χ1v) is 6.83. The minimum atomic E-state index is -0.0296. The smallest absolute Gasteiger partial charge is 0.233 e. The predicted molar refractivity (Wildman–Crippen MR) is 80.7 cm³/mol. The molecule has 2 atom stereocenters. The van der Waals surface area contributed by atoms with Crippen molar-refractivity contribution in [2.75, 3.05) is 27.7 Å². The van der Waals surface area contributed by atoms with E-state index in [-0.39, 0.29) is 18.0 Å². The molecular formula is C15H25N3O2. The van der Waals surface area contributed by atoms with Crippen LogP contribution >= 0.6 is 0 Å². The Morgan fingerprint density at radius 1 is 1.40 bits per heavy atom. The van der Waals surface area contributed by atoms with Crippen molar-refractivity contribution in [3.63, 3.8) is 0 Å². The van der Waals surface area contributed by atoms with E-state index in [4.69, 9.17) is 10.5 Å². The number of amides is 1. The molecule has 0 fully saturated rings. The predicted octanol–water partition coefficient (Wildman–Crippen LogP) is 1.15. The van der Waals surface area contributed by atoms with Crippen molar-refractivity contribution < 1.29 is 9.53 Å². The summed E-state index contributed by atoms with van der Waals surface area (Å²) < 4.78 is 5.17. The molecule has 2 unspecified atom stereocenters. The molecule has 1 aromatic carbocycles. The van der Waals surface area contributed by atoms with Gasteiger partial charge in [0.2, 0.25) is 5.91 Å². The molecule has 1 aromatic rings. The van der Waals surface area contributed by atoms with Crippen LogP contribution in [0.1, 0.15) is 24.9 Å². The fourth-order valence-electron chi connectivity index (χ4n) is 2.26. The van der Waals surface area contributed by atoms with E-state index in [0.29, 0.717) is 6.54 Å². The number of methoxy groups -OCH3 is 1. The first-order chi connectivity index (χ1) is 9.53. The number of likely N-dealkylation sites (N-methyl/N-ethyl adjacent to an activating group) is 2. The monoisotopic (exact) mass is 279 g/mol. The van der Waals surface area contributed by atoms with Gasteiger partial charge in [-0.25, -0.2) is 0 Å². The van der Waals surface area contributed by atoms with Crippen LogP contribution in [-0.4, -0.2) is 44.6 Å². The molecule has 0 aliphatic carbocycles. The summed E-state index contributed by atoms with van der Waals surface area (Å²) >= 11 is 0. The molecule has 0 bridgehead atoms. The summed E-state index contributed by atoms with van der Waals surface area (Å²) in [5, 5.41) is 2.64. The van der Waals surface area contributed by atoms with Crippen LogP contribution in [0.5, 0.6) is 5.75 Å². The van der Waals surface area contributed by atoms with Crippen LogP contribution in [0.25, 0.3) is 0 Å². The fraction of sp³-hybridized carbons (Fsp3) is 0.533. The SMILES string of the molecule is CCC(N)C(c1ccc(OC)cc1)N(C)CC(=O)NC. The van der Waals surface area contributed by atoms with E-state index in [9.17, 15) is 4.79 Å². The standard InChI is InChI=1S/C15H25N3O2/c1-5-13(16)15(18(3)10-14(19)17-2)11-6-8-12(20-4)9-7-11/h6-9,13,15H,5,10,16H2,1-4H3,(H,17,19). The van der Waals surface area contributed by atoms with Gasteiger partial charge in [0, 0.05) is 13.1 Å². The average Bonchev–Trinajstić information content (AvgIpc) is 2.47. The maximum atomic E-state index is 11.6. The normalized spacial score (nSPS) is 13.9. The van der Waals surface area contributed by atoms with Crippen LogP contribution in [0.15, 0.2) is 24.3 Å².